The number of halogens is 4. The molecule has 0 unspecified atom stereocenters. The maximum atomic E-state index is 12.2. The van der Waals surface area contributed by atoms with Gasteiger partial charge in [0.25, 0.3) is 5.56 Å². The topological polar surface area (TPSA) is 46.9 Å². The molecular weight excluding hydrogens is 271 g/mol. The highest BCUT2D eigenvalue weighted by atomic mass is 35.5. The predicted molar refractivity (Wildman–Crippen MR) is 60.8 cm³/mol. The number of aromatic nitrogens is 2. The molecule has 1 aliphatic rings. The minimum absolute atomic E-state index is 0.131. The molecule has 1 N–H and O–H groups in total. The first-order valence-electron chi connectivity index (χ1n) is 5.31. The molecule has 1 fully saturated rings. The lowest BCUT2D eigenvalue weighted by Crippen LogP contribution is -2.31. The average molecular weight is 282 g/mol. The highest BCUT2D eigenvalue weighted by molar-refractivity contribution is 6.32. The zero-order valence-electron chi connectivity index (χ0n) is 9.51. The van der Waals surface area contributed by atoms with Crippen molar-refractivity contribution in [1.82, 2.24) is 9.78 Å². The molecule has 0 atom stereocenters. The molecule has 1 aliphatic carbocycles. The highest BCUT2D eigenvalue weighted by Crippen LogP contribution is 2.38. The van der Waals surface area contributed by atoms with Crippen LogP contribution in [0.3, 0.4) is 0 Å². The lowest BCUT2D eigenvalue weighted by Gasteiger charge is -2.15. The maximum Gasteiger partial charge on any atom is 0.408 e. The molecule has 0 amide bonds. The van der Waals surface area contributed by atoms with Gasteiger partial charge in [0, 0.05) is 5.54 Å². The Labute approximate surface area is 106 Å². The molecular formula is C10H11ClF3N3O. The number of alkyl halides is 3. The average Bonchev–Trinajstić information content (AvgIpc) is 2.95. The molecule has 0 aliphatic heterocycles. The second-order valence-electron chi connectivity index (χ2n) is 4.64. The van der Waals surface area contributed by atoms with Gasteiger partial charge in [0.15, 0.2) is 0 Å². The van der Waals surface area contributed by atoms with E-state index in [0.29, 0.717) is 4.68 Å². The molecule has 0 bridgehead atoms. The molecule has 1 aromatic rings. The summed E-state index contributed by atoms with van der Waals surface area (Å²) in [5.41, 5.74) is -0.795. The number of anilines is 1. The molecule has 0 radical (unpaired) electrons. The van der Waals surface area contributed by atoms with Crippen LogP contribution in [0.2, 0.25) is 5.02 Å². The van der Waals surface area contributed by atoms with E-state index in [1.165, 1.54) is 0 Å². The zero-order valence-corrected chi connectivity index (χ0v) is 10.3. The molecule has 0 spiro atoms. The molecule has 1 heterocycles. The summed E-state index contributed by atoms with van der Waals surface area (Å²) in [6.45, 7) is 0.494. The Balaban J connectivity index is 2.27. The van der Waals surface area contributed by atoms with Crippen molar-refractivity contribution in [2.24, 2.45) is 0 Å². The summed E-state index contributed by atoms with van der Waals surface area (Å²) < 4.78 is 36.8. The van der Waals surface area contributed by atoms with Gasteiger partial charge >= 0.3 is 6.18 Å². The molecule has 1 aromatic heterocycles. The van der Waals surface area contributed by atoms with Crippen molar-refractivity contribution in [3.05, 3.63) is 21.6 Å². The van der Waals surface area contributed by atoms with Gasteiger partial charge in [0.2, 0.25) is 0 Å². The van der Waals surface area contributed by atoms with E-state index in [1.54, 1.807) is 0 Å². The fourth-order valence-corrected chi connectivity index (χ4v) is 1.67. The summed E-state index contributed by atoms with van der Waals surface area (Å²) in [5, 5.41) is 6.21. The fourth-order valence-electron chi connectivity index (χ4n) is 1.47. The van der Waals surface area contributed by atoms with Crippen LogP contribution in [-0.2, 0) is 6.54 Å². The third-order valence-electron chi connectivity index (χ3n) is 2.75. The molecule has 8 heteroatoms. The van der Waals surface area contributed by atoms with Gasteiger partial charge in [0.05, 0.1) is 11.9 Å². The van der Waals surface area contributed by atoms with E-state index >= 15 is 0 Å². The van der Waals surface area contributed by atoms with Gasteiger partial charge in [-0.25, -0.2) is 4.68 Å². The Bertz CT molecular complexity index is 522. The molecule has 18 heavy (non-hydrogen) atoms. The lowest BCUT2D eigenvalue weighted by atomic mass is 10.3. The SMILES string of the molecule is CC1(Nc2cnn(CC(F)(F)F)c(=O)c2Cl)CC1. The van der Waals surface area contributed by atoms with Crippen LogP contribution >= 0.6 is 11.6 Å². The summed E-state index contributed by atoms with van der Waals surface area (Å²) in [6.07, 6.45) is -1.50. The Morgan fingerprint density at radius 1 is 1.56 bits per heavy atom. The Kier molecular flexibility index (Phi) is 3.04. The normalized spacial score (nSPS) is 17.6. The third kappa shape index (κ3) is 2.95. The quantitative estimate of drug-likeness (QED) is 0.925. The summed E-state index contributed by atoms with van der Waals surface area (Å²) in [7, 11) is 0. The summed E-state index contributed by atoms with van der Waals surface area (Å²) in [4.78, 5) is 11.6. The van der Waals surface area contributed by atoms with Gasteiger partial charge in [0.1, 0.15) is 11.6 Å². The first-order chi connectivity index (χ1) is 8.20. The summed E-state index contributed by atoms with van der Waals surface area (Å²) in [5.74, 6) is 0. The van der Waals surface area contributed by atoms with Crippen LogP contribution in [0.15, 0.2) is 11.0 Å². The Morgan fingerprint density at radius 3 is 2.67 bits per heavy atom. The molecule has 1 saturated carbocycles. The minimum Gasteiger partial charge on any atom is -0.377 e. The van der Waals surface area contributed by atoms with Gasteiger partial charge in [-0.2, -0.15) is 18.3 Å². The number of nitrogens with one attached hydrogen (secondary N) is 1. The van der Waals surface area contributed by atoms with Crippen molar-refractivity contribution in [3.63, 3.8) is 0 Å². The van der Waals surface area contributed by atoms with Crippen LogP contribution < -0.4 is 10.9 Å². The maximum absolute atomic E-state index is 12.2. The van der Waals surface area contributed by atoms with E-state index < -0.39 is 18.3 Å². The van der Waals surface area contributed by atoms with E-state index in [0.717, 1.165) is 19.0 Å². The van der Waals surface area contributed by atoms with Gasteiger partial charge in [-0.05, 0) is 19.8 Å². The Hall–Kier alpha value is -1.24. The Morgan fingerprint density at radius 2 is 2.17 bits per heavy atom. The van der Waals surface area contributed by atoms with Crippen LogP contribution in [0.5, 0.6) is 0 Å². The number of hydrogen-bond donors (Lipinski definition) is 1. The van der Waals surface area contributed by atoms with Gasteiger partial charge in [-0.15, -0.1) is 0 Å². The molecule has 4 nitrogen and oxygen atoms in total. The van der Waals surface area contributed by atoms with Crippen LogP contribution in [0.1, 0.15) is 19.8 Å². The van der Waals surface area contributed by atoms with Gasteiger partial charge < -0.3 is 5.32 Å². The fraction of sp³-hybridized carbons (Fsp3) is 0.600. The monoisotopic (exact) mass is 281 g/mol. The summed E-state index contributed by atoms with van der Waals surface area (Å²) >= 11 is 5.76. The van der Waals surface area contributed by atoms with E-state index in [9.17, 15) is 18.0 Å². The number of hydrogen-bond acceptors (Lipinski definition) is 3. The first-order valence-corrected chi connectivity index (χ1v) is 5.69. The van der Waals surface area contributed by atoms with Crippen LogP contribution in [0.4, 0.5) is 18.9 Å². The van der Waals surface area contributed by atoms with Crippen molar-refractivity contribution < 1.29 is 13.2 Å². The molecule has 0 aromatic carbocycles. The van der Waals surface area contributed by atoms with Crippen LogP contribution in [0, 0.1) is 0 Å². The number of nitrogens with zero attached hydrogens (tertiary/aromatic N) is 2. The van der Waals surface area contributed by atoms with Crippen LogP contribution in [-0.4, -0.2) is 21.5 Å². The van der Waals surface area contributed by atoms with Gasteiger partial charge in [-0.1, -0.05) is 11.6 Å². The smallest absolute Gasteiger partial charge is 0.377 e. The highest BCUT2D eigenvalue weighted by Gasteiger charge is 2.38. The van der Waals surface area contributed by atoms with Crippen molar-refractivity contribution in [1.29, 1.82) is 0 Å². The van der Waals surface area contributed by atoms with E-state index in [1.807, 2.05) is 6.92 Å². The van der Waals surface area contributed by atoms with E-state index in [-0.39, 0.29) is 16.2 Å². The molecule has 0 saturated heterocycles. The van der Waals surface area contributed by atoms with Crippen molar-refractivity contribution >= 4 is 17.3 Å². The predicted octanol–water partition coefficient (Wildman–Crippen LogP) is 2.42. The number of rotatable bonds is 3. The lowest BCUT2D eigenvalue weighted by molar-refractivity contribution is -0.143. The third-order valence-corrected chi connectivity index (χ3v) is 3.12. The van der Waals surface area contributed by atoms with E-state index in [4.69, 9.17) is 11.6 Å². The van der Waals surface area contributed by atoms with Crippen molar-refractivity contribution in [2.45, 2.75) is 38.0 Å². The van der Waals surface area contributed by atoms with Gasteiger partial charge in [-0.3, -0.25) is 4.79 Å². The second-order valence-corrected chi connectivity index (χ2v) is 5.01. The standard InChI is InChI=1S/C10H11ClF3N3O/c1-9(2-3-9)16-6-4-15-17(5-10(12,13)14)8(18)7(6)11/h4,16H,2-3,5H2,1H3. The molecule has 2 rings (SSSR count). The first kappa shape index (κ1) is 13.2. The van der Waals surface area contributed by atoms with Crippen LogP contribution in [0.25, 0.3) is 0 Å². The van der Waals surface area contributed by atoms with Crippen molar-refractivity contribution in [2.75, 3.05) is 5.32 Å². The van der Waals surface area contributed by atoms with Crippen molar-refractivity contribution in [3.8, 4) is 0 Å². The largest absolute Gasteiger partial charge is 0.408 e. The molecule has 100 valence electrons. The summed E-state index contributed by atoms with van der Waals surface area (Å²) in [6, 6.07) is 0. The zero-order chi connectivity index (χ0) is 13.6. The van der Waals surface area contributed by atoms with E-state index in [2.05, 4.69) is 10.4 Å². The second kappa shape index (κ2) is 4.15. The minimum atomic E-state index is -4.50.